The molecule has 0 aromatic heterocycles. The minimum Gasteiger partial charge on any atom is -0.550 e. The molecule has 108 valence electrons. The van der Waals surface area contributed by atoms with Crippen LogP contribution in [-0.4, -0.2) is 11.9 Å². The van der Waals surface area contributed by atoms with Gasteiger partial charge in [-0.15, -0.1) is 0 Å². The van der Waals surface area contributed by atoms with E-state index in [9.17, 15) is 14.7 Å². The van der Waals surface area contributed by atoms with Crippen LogP contribution in [0.4, 0.5) is 5.69 Å². The zero-order valence-corrected chi connectivity index (χ0v) is 11.9. The smallest absolute Gasteiger partial charge is 0.224 e. The Balaban J connectivity index is 2.02. The lowest BCUT2D eigenvalue weighted by Gasteiger charge is -2.28. The van der Waals surface area contributed by atoms with Crippen molar-refractivity contribution in [2.45, 2.75) is 38.5 Å². The Hall–Kier alpha value is -1.55. The number of carbonyl (C=O) groups is 2. The van der Waals surface area contributed by atoms with E-state index in [-0.39, 0.29) is 18.7 Å². The minimum atomic E-state index is -1.09. The first-order chi connectivity index (χ1) is 9.51. The molecule has 0 radical (unpaired) electrons. The molecule has 0 aliphatic heterocycles. The molecule has 0 saturated heterocycles. The van der Waals surface area contributed by atoms with E-state index in [4.69, 9.17) is 11.6 Å². The van der Waals surface area contributed by atoms with E-state index < -0.39 is 11.4 Å². The number of amides is 1. The molecule has 2 rings (SSSR count). The third-order valence-corrected chi connectivity index (χ3v) is 4.20. The molecular weight excluding hydrogens is 278 g/mol. The number of hydrogen-bond donors (Lipinski definition) is 1. The van der Waals surface area contributed by atoms with E-state index in [1.807, 2.05) is 0 Å². The highest BCUT2D eigenvalue weighted by molar-refractivity contribution is 6.33. The summed E-state index contributed by atoms with van der Waals surface area (Å²) in [4.78, 5) is 23.0. The number of hydrogen-bond acceptors (Lipinski definition) is 3. The van der Waals surface area contributed by atoms with Gasteiger partial charge in [-0.2, -0.15) is 0 Å². The molecule has 1 saturated carbocycles. The second kappa shape index (κ2) is 6.27. The normalized spacial score (nSPS) is 16.9. The van der Waals surface area contributed by atoms with Crippen LogP contribution in [0.3, 0.4) is 0 Å². The van der Waals surface area contributed by atoms with E-state index in [0.717, 1.165) is 25.7 Å². The van der Waals surface area contributed by atoms with Gasteiger partial charge in [0, 0.05) is 12.4 Å². The fourth-order valence-corrected chi connectivity index (χ4v) is 3.13. The number of carboxylic acids is 1. The maximum absolute atomic E-state index is 12.1. The maximum atomic E-state index is 12.1. The lowest BCUT2D eigenvalue weighted by molar-refractivity contribution is -0.308. The van der Waals surface area contributed by atoms with Crippen LogP contribution in [0.15, 0.2) is 24.3 Å². The molecular formula is C15H17ClNO3-. The SMILES string of the molecule is O=C([O-])CC1(CC(=O)Nc2ccccc2Cl)CCCC1. The Morgan fingerprint density at radius 3 is 2.45 bits per heavy atom. The van der Waals surface area contributed by atoms with Crippen molar-refractivity contribution < 1.29 is 14.7 Å². The van der Waals surface area contributed by atoms with Gasteiger partial charge in [-0.05, 0) is 36.8 Å². The van der Waals surface area contributed by atoms with Crippen molar-refractivity contribution in [1.29, 1.82) is 0 Å². The zero-order valence-electron chi connectivity index (χ0n) is 11.2. The predicted octanol–water partition coefficient (Wildman–Crippen LogP) is 2.37. The second-order valence-corrected chi connectivity index (χ2v) is 5.87. The van der Waals surface area contributed by atoms with Crippen LogP contribution in [0.2, 0.25) is 5.02 Å². The zero-order chi connectivity index (χ0) is 14.6. The van der Waals surface area contributed by atoms with Gasteiger partial charge in [0.05, 0.1) is 10.7 Å². The van der Waals surface area contributed by atoms with Crippen LogP contribution in [-0.2, 0) is 9.59 Å². The third kappa shape index (κ3) is 3.73. The number of benzene rings is 1. The van der Waals surface area contributed by atoms with Crippen LogP contribution < -0.4 is 10.4 Å². The molecule has 1 aromatic carbocycles. The quantitative estimate of drug-likeness (QED) is 0.906. The van der Waals surface area contributed by atoms with Gasteiger partial charge in [0.15, 0.2) is 0 Å². The molecule has 4 nitrogen and oxygen atoms in total. The Kier molecular flexibility index (Phi) is 4.65. The summed E-state index contributed by atoms with van der Waals surface area (Å²) in [6, 6.07) is 6.99. The summed E-state index contributed by atoms with van der Waals surface area (Å²) in [5, 5.41) is 14.1. The standard InChI is InChI=1S/C15H18ClNO3/c16-11-5-1-2-6-12(11)17-13(18)9-15(10-14(19)20)7-3-4-8-15/h1-2,5-6H,3-4,7-10H2,(H,17,18)(H,19,20)/p-1. The van der Waals surface area contributed by atoms with E-state index in [1.165, 1.54) is 0 Å². The van der Waals surface area contributed by atoms with Crippen molar-refractivity contribution in [2.75, 3.05) is 5.32 Å². The van der Waals surface area contributed by atoms with Crippen molar-refractivity contribution >= 4 is 29.2 Å². The average molecular weight is 295 g/mol. The topological polar surface area (TPSA) is 69.2 Å². The maximum Gasteiger partial charge on any atom is 0.224 e. The van der Waals surface area contributed by atoms with E-state index in [2.05, 4.69) is 5.32 Å². The molecule has 5 heteroatoms. The van der Waals surface area contributed by atoms with Gasteiger partial charge in [0.1, 0.15) is 0 Å². The van der Waals surface area contributed by atoms with Gasteiger partial charge in [-0.1, -0.05) is 36.6 Å². The molecule has 0 spiro atoms. The van der Waals surface area contributed by atoms with Crippen LogP contribution >= 0.6 is 11.6 Å². The number of rotatable bonds is 5. The van der Waals surface area contributed by atoms with E-state index in [0.29, 0.717) is 10.7 Å². The van der Waals surface area contributed by atoms with Crippen molar-refractivity contribution in [1.82, 2.24) is 0 Å². The highest BCUT2D eigenvalue weighted by Crippen LogP contribution is 2.44. The molecule has 0 unspecified atom stereocenters. The number of carbonyl (C=O) groups excluding carboxylic acids is 2. The number of aliphatic carboxylic acids is 1. The highest BCUT2D eigenvalue weighted by atomic mass is 35.5. The van der Waals surface area contributed by atoms with Crippen LogP contribution in [0.25, 0.3) is 0 Å². The lowest BCUT2D eigenvalue weighted by Crippen LogP contribution is -2.33. The summed E-state index contributed by atoms with van der Waals surface area (Å²) >= 11 is 5.99. The fourth-order valence-electron chi connectivity index (χ4n) is 2.94. The molecule has 1 aliphatic carbocycles. The van der Waals surface area contributed by atoms with E-state index >= 15 is 0 Å². The van der Waals surface area contributed by atoms with Gasteiger partial charge >= 0.3 is 0 Å². The Labute approximate surface area is 123 Å². The van der Waals surface area contributed by atoms with Crippen LogP contribution in [0, 0.1) is 5.41 Å². The molecule has 0 heterocycles. The van der Waals surface area contributed by atoms with Crippen molar-refractivity contribution in [3.8, 4) is 0 Å². The first-order valence-electron chi connectivity index (χ1n) is 6.75. The first kappa shape index (κ1) is 14.9. The summed E-state index contributed by atoms with van der Waals surface area (Å²) in [7, 11) is 0. The molecule has 1 aliphatic rings. The van der Waals surface area contributed by atoms with Crippen molar-refractivity contribution in [2.24, 2.45) is 5.41 Å². The van der Waals surface area contributed by atoms with Gasteiger partial charge < -0.3 is 15.2 Å². The summed E-state index contributed by atoms with van der Waals surface area (Å²) < 4.78 is 0. The second-order valence-electron chi connectivity index (χ2n) is 5.46. The summed E-state index contributed by atoms with van der Waals surface area (Å²) in [5.41, 5.74) is 0.102. The summed E-state index contributed by atoms with van der Waals surface area (Å²) in [5.74, 6) is -1.28. The minimum absolute atomic E-state index is 0.0526. The number of anilines is 1. The molecule has 0 bridgehead atoms. The molecule has 1 aromatic rings. The summed E-state index contributed by atoms with van der Waals surface area (Å²) in [6.45, 7) is 0. The molecule has 20 heavy (non-hydrogen) atoms. The molecule has 1 fully saturated rings. The van der Waals surface area contributed by atoms with Crippen molar-refractivity contribution in [3.05, 3.63) is 29.3 Å². The van der Waals surface area contributed by atoms with Crippen LogP contribution in [0.1, 0.15) is 38.5 Å². The summed E-state index contributed by atoms with van der Waals surface area (Å²) in [6.07, 6.45) is 3.60. The third-order valence-electron chi connectivity index (χ3n) is 3.87. The van der Waals surface area contributed by atoms with Crippen molar-refractivity contribution in [3.63, 3.8) is 0 Å². The lowest BCUT2D eigenvalue weighted by atomic mass is 9.79. The Bertz CT molecular complexity index is 510. The highest BCUT2D eigenvalue weighted by Gasteiger charge is 2.36. The number of carboxylic acid groups (broad SMARTS) is 1. The van der Waals surface area contributed by atoms with Gasteiger partial charge in [-0.25, -0.2) is 0 Å². The van der Waals surface area contributed by atoms with E-state index in [1.54, 1.807) is 24.3 Å². The molecule has 1 amide bonds. The monoisotopic (exact) mass is 294 g/mol. The molecule has 0 atom stereocenters. The predicted molar refractivity (Wildman–Crippen MR) is 75.2 cm³/mol. The van der Waals surface area contributed by atoms with Crippen LogP contribution in [0.5, 0.6) is 0 Å². The van der Waals surface area contributed by atoms with Gasteiger partial charge in [0.2, 0.25) is 5.91 Å². The fraction of sp³-hybridized carbons (Fsp3) is 0.467. The first-order valence-corrected chi connectivity index (χ1v) is 7.13. The number of halogens is 1. The number of para-hydroxylation sites is 1. The van der Waals surface area contributed by atoms with Gasteiger partial charge in [-0.3, -0.25) is 4.79 Å². The Morgan fingerprint density at radius 2 is 1.85 bits per heavy atom. The molecule has 1 N–H and O–H groups in total. The number of nitrogens with one attached hydrogen (secondary N) is 1. The largest absolute Gasteiger partial charge is 0.550 e. The van der Waals surface area contributed by atoms with Gasteiger partial charge in [0.25, 0.3) is 0 Å². The Morgan fingerprint density at radius 1 is 1.20 bits per heavy atom. The average Bonchev–Trinajstić information content (AvgIpc) is 2.79.